The summed E-state index contributed by atoms with van der Waals surface area (Å²) in [5.74, 6) is 0.709. The largest absolute Gasteiger partial charge is 0.494 e. The monoisotopic (exact) mass is 457 g/mol. The number of carbonyl (C=O) groups excluding carboxylic acids is 1. The number of nitrogens with one attached hydrogen (secondary N) is 1. The smallest absolute Gasteiger partial charge is 0.243 e. The van der Waals surface area contributed by atoms with Gasteiger partial charge in [-0.05, 0) is 75.0 Å². The average molecular weight is 458 g/mol. The number of rotatable bonds is 8. The van der Waals surface area contributed by atoms with Crippen molar-refractivity contribution in [1.82, 2.24) is 9.21 Å². The Morgan fingerprint density at radius 2 is 1.81 bits per heavy atom. The number of hydrogen-bond donors (Lipinski definition) is 1. The molecule has 1 atom stereocenters. The molecule has 2 aliphatic heterocycles. The van der Waals surface area contributed by atoms with Gasteiger partial charge in [-0.1, -0.05) is 18.2 Å². The minimum atomic E-state index is -3.51. The fourth-order valence-corrected chi connectivity index (χ4v) is 6.11. The van der Waals surface area contributed by atoms with Crippen LogP contribution in [0.1, 0.15) is 44.2 Å². The highest BCUT2D eigenvalue weighted by molar-refractivity contribution is 7.89. The van der Waals surface area contributed by atoms with E-state index < -0.39 is 10.0 Å². The lowest BCUT2D eigenvalue weighted by atomic mass is 10.0. The maximum absolute atomic E-state index is 12.8. The third kappa shape index (κ3) is 5.14. The van der Waals surface area contributed by atoms with Crippen molar-refractivity contribution < 1.29 is 17.9 Å². The third-order valence-electron chi connectivity index (χ3n) is 6.11. The van der Waals surface area contributed by atoms with Crippen LogP contribution in [0.25, 0.3) is 0 Å². The Labute approximate surface area is 190 Å². The quantitative estimate of drug-likeness (QED) is 0.655. The summed E-state index contributed by atoms with van der Waals surface area (Å²) in [5, 5.41) is 2.89. The van der Waals surface area contributed by atoms with Crippen molar-refractivity contribution in [2.75, 3.05) is 38.1 Å². The molecule has 8 heteroatoms. The van der Waals surface area contributed by atoms with Crippen LogP contribution in [0, 0.1) is 0 Å². The lowest BCUT2D eigenvalue weighted by Gasteiger charge is -2.24. The summed E-state index contributed by atoms with van der Waals surface area (Å²) in [6, 6.07) is 14.8. The van der Waals surface area contributed by atoms with Crippen LogP contribution in [0.4, 0.5) is 5.69 Å². The summed E-state index contributed by atoms with van der Waals surface area (Å²) >= 11 is 0. The Morgan fingerprint density at radius 3 is 2.53 bits per heavy atom. The molecule has 2 aromatic rings. The standard InChI is InChI=1S/C24H31N3O4S/c1-2-31-21-12-10-19(11-13-21)23-9-6-14-26(23)18-24(28)25-20-7-5-8-22(17-20)32(29,30)27-15-3-4-16-27/h5,7-8,10-13,17,23H,2-4,6,9,14-16,18H2,1H3,(H,25,28)/t23-/m1/s1. The fourth-order valence-electron chi connectivity index (χ4n) is 4.54. The first-order valence-electron chi connectivity index (χ1n) is 11.3. The summed E-state index contributed by atoms with van der Waals surface area (Å²) in [6.07, 6.45) is 3.82. The van der Waals surface area contributed by atoms with Gasteiger partial charge >= 0.3 is 0 Å². The van der Waals surface area contributed by atoms with Crippen LogP contribution in [0.3, 0.4) is 0 Å². The second-order valence-electron chi connectivity index (χ2n) is 8.32. The Balaban J connectivity index is 1.40. The van der Waals surface area contributed by atoms with Crippen LogP contribution in [-0.2, 0) is 14.8 Å². The average Bonchev–Trinajstić information content (AvgIpc) is 3.47. The van der Waals surface area contributed by atoms with Gasteiger partial charge in [0.15, 0.2) is 0 Å². The summed E-state index contributed by atoms with van der Waals surface area (Å²) in [7, 11) is -3.51. The molecule has 1 N–H and O–H groups in total. The molecule has 2 fully saturated rings. The number of carbonyl (C=O) groups is 1. The Morgan fingerprint density at radius 1 is 1.06 bits per heavy atom. The molecule has 172 valence electrons. The van der Waals surface area contributed by atoms with E-state index in [9.17, 15) is 13.2 Å². The first kappa shape index (κ1) is 22.8. The second-order valence-corrected chi connectivity index (χ2v) is 10.3. The molecule has 0 bridgehead atoms. The number of sulfonamides is 1. The van der Waals surface area contributed by atoms with Gasteiger partial charge in [0, 0.05) is 24.8 Å². The van der Waals surface area contributed by atoms with Crippen LogP contribution in [0.15, 0.2) is 53.4 Å². The number of benzene rings is 2. The van der Waals surface area contributed by atoms with Gasteiger partial charge in [0.2, 0.25) is 15.9 Å². The molecule has 7 nitrogen and oxygen atoms in total. The zero-order valence-electron chi connectivity index (χ0n) is 18.5. The van der Waals surface area contributed by atoms with E-state index in [0.717, 1.165) is 38.0 Å². The molecule has 2 saturated heterocycles. The molecule has 0 unspecified atom stereocenters. The van der Waals surface area contributed by atoms with E-state index in [-0.39, 0.29) is 23.4 Å². The van der Waals surface area contributed by atoms with Gasteiger partial charge in [0.05, 0.1) is 18.0 Å². The van der Waals surface area contributed by atoms with Gasteiger partial charge in [0.1, 0.15) is 5.75 Å². The Bertz CT molecular complexity index is 1030. The van der Waals surface area contributed by atoms with Crippen molar-refractivity contribution in [2.45, 2.75) is 43.5 Å². The van der Waals surface area contributed by atoms with Crippen LogP contribution in [0.5, 0.6) is 5.75 Å². The molecule has 2 aliphatic rings. The molecular formula is C24H31N3O4S. The fraction of sp³-hybridized carbons (Fsp3) is 0.458. The van der Waals surface area contributed by atoms with Crippen molar-refractivity contribution in [3.63, 3.8) is 0 Å². The minimum Gasteiger partial charge on any atom is -0.494 e. The number of amides is 1. The van der Waals surface area contributed by atoms with Gasteiger partial charge in [0.25, 0.3) is 0 Å². The van der Waals surface area contributed by atoms with Gasteiger partial charge in [-0.2, -0.15) is 4.31 Å². The van der Waals surface area contributed by atoms with E-state index in [1.54, 1.807) is 24.3 Å². The predicted octanol–water partition coefficient (Wildman–Crippen LogP) is 3.65. The van der Waals surface area contributed by atoms with E-state index in [1.165, 1.54) is 9.87 Å². The molecular weight excluding hydrogens is 426 g/mol. The van der Waals surface area contributed by atoms with Gasteiger partial charge in [-0.15, -0.1) is 0 Å². The van der Waals surface area contributed by atoms with Crippen LogP contribution in [0.2, 0.25) is 0 Å². The van der Waals surface area contributed by atoms with Crippen LogP contribution >= 0.6 is 0 Å². The summed E-state index contributed by atoms with van der Waals surface area (Å²) in [4.78, 5) is 15.2. The summed E-state index contributed by atoms with van der Waals surface area (Å²) < 4.78 is 32.7. The van der Waals surface area contributed by atoms with Crippen molar-refractivity contribution in [3.8, 4) is 5.75 Å². The highest BCUT2D eigenvalue weighted by atomic mass is 32.2. The van der Waals surface area contributed by atoms with Crippen molar-refractivity contribution >= 4 is 21.6 Å². The molecule has 0 spiro atoms. The summed E-state index contributed by atoms with van der Waals surface area (Å²) in [5.41, 5.74) is 1.68. The van der Waals surface area contributed by atoms with Crippen molar-refractivity contribution in [3.05, 3.63) is 54.1 Å². The topological polar surface area (TPSA) is 79.0 Å². The Kier molecular flexibility index (Phi) is 7.13. The van der Waals surface area contributed by atoms with Crippen molar-refractivity contribution in [2.24, 2.45) is 0 Å². The highest BCUT2D eigenvalue weighted by Gasteiger charge is 2.29. The third-order valence-corrected chi connectivity index (χ3v) is 8.00. The zero-order chi connectivity index (χ0) is 22.6. The number of ether oxygens (including phenoxy) is 1. The molecule has 2 aromatic carbocycles. The van der Waals surface area contributed by atoms with Crippen LogP contribution < -0.4 is 10.1 Å². The lowest BCUT2D eigenvalue weighted by molar-refractivity contribution is -0.117. The normalized spacial score (nSPS) is 19.8. The first-order chi connectivity index (χ1) is 15.5. The number of likely N-dealkylation sites (tertiary alicyclic amines) is 1. The number of nitrogens with zero attached hydrogens (tertiary/aromatic N) is 2. The molecule has 1 amide bonds. The van der Waals surface area contributed by atoms with Crippen LogP contribution in [-0.4, -0.2) is 56.3 Å². The highest BCUT2D eigenvalue weighted by Crippen LogP contribution is 2.32. The first-order valence-corrected chi connectivity index (χ1v) is 12.8. The maximum Gasteiger partial charge on any atom is 0.243 e. The van der Waals surface area contributed by atoms with E-state index in [4.69, 9.17) is 4.74 Å². The van der Waals surface area contributed by atoms with E-state index >= 15 is 0 Å². The van der Waals surface area contributed by atoms with Gasteiger partial charge in [-0.25, -0.2) is 8.42 Å². The maximum atomic E-state index is 12.8. The predicted molar refractivity (Wildman–Crippen MR) is 124 cm³/mol. The zero-order valence-corrected chi connectivity index (χ0v) is 19.3. The molecule has 4 rings (SSSR count). The molecule has 0 saturated carbocycles. The molecule has 2 heterocycles. The number of hydrogen-bond acceptors (Lipinski definition) is 5. The lowest BCUT2D eigenvalue weighted by Crippen LogP contribution is -2.33. The van der Waals surface area contributed by atoms with E-state index in [2.05, 4.69) is 22.3 Å². The van der Waals surface area contributed by atoms with Gasteiger partial charge < -0.3 is 10.1 Å². The molecule has 32 heavy (non-hydrogen) atoms. The van der Waals surface area contributed by atoms with E-state index in [0.29, 0.717) is 25.4 Å². The molecule has 0 aliphatic carbocycles. The Hall–Kier alpha value is -2.42. The summed E-state index contributed by atoms with van der Waals surface area (Å²) in [6.45, 7) is 4.83. The molecule has 0 aromatic heterocycles. The van der Waals surface area contributed by atoms with Crippen molar-refractivity contribution in [1.29, 1.82) is 0 Å². The van der Waals surface area contributed by atoms with Gasteiger partial charge in [-0.3, -0.25) is 9.69 Å². The number of anilines is 1. The minimum absolute atomic E-state index is 0.140. The van der Waals surface area contributed by atoms with E-state index in [1.807, 2.05) is 19.1 Å². The SMILES string of the molecule is CCOc1ccc([C@H]2CCCN2CC(=O)Nc2cccc(S(=O)(=O)N3CCCC3)c2)cc1. The molecule has 0 radical (unpaired) electrons. The second kappa shape index (κ2) is 10.0.